The van der Waals surface area contributed by atoms with Gasteiger partial charge in [0, 0.05) is 21.6 Å². The van der Waals surface area contributed by atoms with Crippen molar-refractivity contribution in [2.24, 2.45) is 0 Å². The van der Waals surface area contributed by atoms with E-state index in [0.717, 1.165) is 4.47 Å². The third kappa shape index (κ3) is 3.40. The van der Waals surface area contributed by atoms with Gasteiger partial charge in [-0.3, -0.25) is 9.59 Å². The molecule has 0 radical (unpaired) electrons. The molecule has 1 unspecified atom stereocenters. The zero-order valence-corrected chi connectivity index (χ0v) is 15.9. The van der Waals surface area contributed by atoms with Gasteiger partial charge in [0.2, 0.25) is 0 Å². The van der Waals surface area contributed by atoms with Crippen molar-refractivity contribution < 1.29 is 19.8 Å². The summed E-state index contributed by atoms with van der Waals surface area (Å²) in [7, 11) is 0. The number of rotatable bonds is 4. The zero-order chi connectivity index (χ0) is 18.8. The molecule has 134 valence electrons. The van der Waals surface area contributed by atoms with Crippen LogP contribution in [0.5, 0.6) is 0 Å². The van der Waals surface area contributed by atoms with Crippen molar-refractivity contribution in [1.82, 2.24) is 4.90 Å². The molecule has 5 nitrogen and oxygen atoms in total. The lowest BCUT2D eigenvalue weighted by Crippen LogP contribution is -2.32. The number of carbonyl (C=O) groups excluding carboxylic acids is 2. The maximum absolute atomic E-state index is 12.6. The van der Waals surface area contributed by atoms with Crippen LogP contribution in [0.2, 0.25) is 5.02 Å². The standard InChI is InChI=1S/C19H15BrClNO4/c20-13-5-1-11(2-6-13)16-15(18(25)19(26)22(16)9-10-23)17(24)12-3-7-14(21)8-4-12/h1-8,16,23-24H,9-10H2. The number of ketones is 1. The van der Waals surface area contributed by atoms with Crippen molar-refractivity contribution >= 4 is 45.0 Å². The second-order valence-corrected chi connectivity index (χ2v) is 7.13. The highest BCUT2D eigenvalue weighted by molar-refractivity contribution is 9.10. The predicted molar refractivity (Wildman–Crippen MR) is 102 cm³/mol. The van der Waals surface area contributed by atoms with Crippen LogP contribution in [0.3, 0.4) is 0 Å². The van der Waals surface area contributed by atoms with Gasteiger partial charge in [-0.1, -0.05) is 39.7 Å². The summed E-state index contributed by atoms with van der Waals surface area (Å²) >= 11 is 9.22. The molecule has 1 fully saturated rings. The molecule has 0 saturated carbocycles. The van der Waals surface area contributed by atoms with Crippen LogP contribution in [0.4, 0.5) is 0 Å². The van der Waals surface area contributed by atoms with E-state index in [2.05, 4.69) is 15.9 Å². The Morgan fingerprint density at radius 2 is 1.69 bits per heavy atom. The number of hydrogen-bond donors (Lipinski definition) is 2. The molecule has 1 amide bonds. The number of likely N-dealkylation sites (tertiary alicyclic amines) is 1. The van der Waals surface area contributed by atoms with Gasteiger partial charge in [0.15, 0.2) is 0 Å². The summed E-state index contributed by atoms with van der Waals surface area (Å²) in [5.74, 6) is -1.80. The van der Waals surface area contributed by atoms with E-state index >= 15 is 0 Å². The van der Waals surface area contributed by atoms with Gasteiger partial charge in [-0.15, -0.1) is 0 Å². The largest absolute Gasteiger partial charge is 0.507 e. The Hall–Kier alpha value is -2.15. The fourth-order valence-electron chi connectivity index (χ4n) is 2.97. The molecule has 1 aliphatic heterocycles. The third-order valence-electron chi connectivity index (χ3n) is 4.18. The van der Waals surface area contributed by atoms with E-state index < -0.39 is 17.7 Å². The number of Topliss-reactive ketones (excluding diaryl/α,β-unsaturated/α-hetero) is 1. The van der Waals surface area contributed by atoms with Crippen LogP contribution in [-0.4, -0.2) is 40.0 Å². The number of aliphatic hydroxyl groups excluding tert-OH is 2. The number of amides is 1. The minimum absolute atomic E-state index is 0.00639. The normalized spacial score (nSPS) is 19.2. The minimum atomic E-state index is -0.779. The van der Waals surface area contributed by atoms with E-state index in [1.807, 2.05) is 0 Å². The van der Waals surface area contributed by atoms with Gasteiger partial charge >= 0.3 is 0 Å². The number of β-amino-alcohol motifs (C(OH)–C–C–N with tert-alkyl or cyclic N) is 1. The maximum Gasteiger partial charge on any atom is 0.295 e. The monoisotopic (exact) mass is 435 g/mol. The van der Waals surface area contributed by atoms with E-state index in [1.165, 1.54) is 4.90 Å². The second-order valence-electron chi connectivity index (χ2n) is 5.77. The predicted octanol–water partition coefficient (Wildman–Crippen LogP) is 3.52. The zero-order valence-electron chi connectivity index (χ0n) is 13.5. The van der Waals surface area contributed by atoms with E-state index in [-0.39, 0.29) is 24.5 Å². The van der Waals surface area contributed by atoms with Gasteiger partial charge in [0.05, 0.1) is 18.2 Å². The van der Waals surface area contributed by atoms with Crippen LogP contribution in [0.15, 0.2) is 58.6 Å². The molecule has 0 aromatic heterocycles. The summed E-state index contributed by atoms with van der Waals surface area (Å²) in [6, 6.07) is 12.7. The Labute approximate surface area is 163 Å². The van der Waals surface area contributed by atoms with Crippen LogP contribution < -0.4 is 0 Å². The summed E-state index contributed by atoms with van der Waals surface area (Å²) in [6.45, 7) is -0.302. The number of hydrogen-bond acceptors (Lipinski definition) is 4. The average Bonchev–Trinajstić information content (AvgIpc) is 2.88. The molecule has 2 aromatic carbocycles. The Kier molecular flexibility index (Phi) is 5.46. The molecule has 7 heteroatoms. The minimum Gasteiger partial charge on any atom is -0.507 e. The second kappa shape index (κ2) is 7.61. The van der Waals surface area contributed by atoms with Gasteiger partial charge in [0.25, 0.3) is 11.7 Å². The van der Waals surface area contributed by atoms with Gasteiger partial charge < -0.3 is 15.1 Å². The van der Waals surface area contributed by atoms with E-state index in [0.29, 0.717) is 16.1 Å². The quantitative estimate of drug-likeness (QED) is 0.437. The van der Waals surface area contributed by atoms with Gasteiger partial charge in [0.1, 0.15) is 5.76 Å². The Balaban J connectivity index is 2.17. The summed E-state index contributed by atoms with van der Waals surface area (Å²) in [5, 5.41) is 20.5. The molecule has 0 aliphatic carbocycles. The molecule has 1 heterocycles. The summed E-state index contributed by atoms with van der Waals surface area (Å²) in [6.07, 6.45) is 0. The molecule has 2 aromatic rings. The van der Waals surface area contributed by atoms with Crippen molar-refractivity contribution in [3.63, 3.8) is 0 Å². The fraction of sp³-hybridized carbons (Fsp3) is 0.158. The highest BCUT2D eigenvalue weighted by Gasteiger charge is 2.45. The molecule has 26 heavy (non-hydrogen) atoms. The Morgan fingerprint density at radius 1 is 1.08 bits per heavy atom. The lowest BCUT2D eigenvalue weighted by atomic mass is 9.95. The van der Waals surface area contributed by atoms with Crippen molar-refractivity contribution in [2.75, 3.05) is 13.2 Å². The first kappa shape index (κ1) is 18.6. The first-order valence-corrected chi connectivity index (χ1v) is 9.02. The molecule has 0 bridgehead atoms. The smallest absolute Gasteiger partial charge is 0.295 e. The van der Waals surface area contributed by atoms with Crippen molar-refractivity contribution in [2.45, 2.75) is 6.04 Å². The molecular weight excluding hydrogens is 422 g/mol. The number of aliphatic hydroxyl groups is 2. The first-order chi connectivity index (χ1) is 12.4. The van der Waals surface area contributed by atoms with Crippen molar-refractivity contribution in [3.8, 4) is 0 Å². The van der Waals surface area contributed by atoms with Crippen LogP contribution >= 0.6 is 27.5 Å². The molecule has 1 atom stereocenters. The Morgan fingerprint density at radius 3 is 2.27 bits per heavy atom. The number of halogens is 2. The van der Waals surface area contributed by atoms with Gasteiger partial charge in [-0.2, -0.15) is 0 Å². The van der Waals surface area contributed by atoms with Crippen LogP contribution in [0.25, 0.3) is 5.76 Å². The van der Waals surface area contributed by atoms with Crippen LogP contribution in [0, 0.1) is 0 Å². The van der Waals surface area contributed by atoms with Gasteiger partial charge in [-0.25, -0.2) is 0 Å². The molecule has 1 saturated heterocycles. The lowest BCUT2D eigenvalue weighted by Gasteiger charge is -2.24. The van der Waals surface area contributed by atoms with Crippen LogP contribution in [-0.2, 0) is 9.59 Å². The van der Waals surface area contributed by atoms with E-state index in [1.54, 1.807) is 48.5 Å². The van der Waals surface area contributed by atoms with Gasteiger partial charge in [-0.05, 0) is 42.0 Å². The summed E-state index contributed by atoms with van der Waals surface area (Å²) in [4.78, 5) is 26.3. The molecular formula is C19H15BrClNO4. The lowest BCUT2D eigenvalue weighted by molar-refractivity contribution is -0.140. The average molecular weight is 437 g/mol. The highest BCUT2D eigenvalue weighted by Crippen LogP contribution is 2.39. The topological polar surface area (TPSA) is 77.8 Å². The van der Waals surface area contributed by atoms with E-state index in [4.69, 9.17) is 11.6 Å². The van der Waals surface area contributed by atoms with E-state index in [9.17, 15) is 19.8 Å². The Bertz CT molecular complexity index is 877. The third-order valence-corrected chi connectivity index (χ3v) is 4.96. The summed E-state index contributed by atoms with van der Waals surface area (Å²) < 4.78 is 0.845. The number of carbonyl (C=O) groups is 2. The van der Waals surface area contributed by atoms with Crippen molar-refractivity contribution in [3.05, 3.63) is 74.7 Å². The SMILES string of the molecule is O=C1C(=O)N(CCO)C(c2ccc(Br)cc2)C1=C(O)c1ccc(Cl)cc1. The maximum atomic E-state index is 12.6. The number of benzene rings is 2. The highest BCUT2D eigenvalue weighted by atomic mass is 79.9. The number of nitrogens with zero attached hydrogens (tertiary/aromatic N) is 1. The first-order valence-electron chi connectivity index (χ1n) is 7.84. The van der Waals surface area contributed by atoms with Crippen LogP contribution in [0.1, 0.15) is 17.2 Å². The molecule has 2 N–H and O–H groups in total. The molecule has 3 rings (SSSR count). The van der Waals surface area contributed by atoms with Crippen molar-refractivity contribution in [1.29, 1.82) is 0 Å². The molecule has 0 spiro atoms. The molecule has 1 aliphatic rings. The fourth-order valence-corrected chi connectivity index (χ4v) is 3.36. The summed E-state index contributed by atoms with van der Waals surface area (Å²) in [5.41, 5.74) is 1.04.